The molecule has 0 fully saturated rings. The van der Waals surface area contributed by atoms with Gasteiger partial charge in [-0.05, 0) is 57.0 Å². The maximum atomic E-state index is 13.3. The van der Waals surface area contributed by atoms with Gasteiger partial charge < -0.3 is 10.2 Å². The molecule has 2 aromatic rings. The number of nitrogens with one attached hydrogen (secondary N) is 1. The van der Waals surface area contributed by atoms with Crippen LogP contribution in [0.1, 0.15) is 45.2 Å². The predicted molar refractivity (Wildman–Crippen MR) is 119 cm³/mol. The summed E-state index contributed by atoms with van der Waals surface area (Å²) >= 11 is 12.7. The molecular formula is C23H27Cl2FN2O2. The van der Waals surface area contributed by atoms with Gasteiger partial charge in [-0.15, -0.1) is 0 Å². The van der Waals surface area contributed by atoms with Crippen LogP contribution in [0.3, 0.4) is 0 Å². The lowest BCUT2D eigenvalue weighted by Gasteiger charge is -2.33. The van der Waals surface area contributed by atoms with Crippen LogP contribution in [0.25, 0.3) is 0 Å². The monoisotopic (exact) mass is 452 g/mol. The molecule has 0 heterocycles. The third kappa shape index (κ3) is 6.71. The smallest absolute Gasteiger partial charge is 0.243 e. The molecule has 2 rings (SSSR count). The zero-order valence-electron chi connectivity index (χ0n) is 17.6. The first-order chi connectivity index (χ1) is 14.0. The third-order valence-electron chi connectivity index (χ3n) is 4.54. The van der Waals surface area contributed by atoms with Gasteiger partial charge in [0.15, 0.2) is 0 Å². The van der Waals surface area contributed by atoms with Crippen LogP contribution in [0.4, 0.5) is 4.39 Å². The first-order valence-corrected chi connectivity index (χ1v) is 10.6. The Morgan fingerprint density at radius 3 is 2.13 bits per heavy atom. The van der Waals surface area contributed by atoms with Gasteiger partial charge in [-0.2, -0.15) is 0 Å². The van der Waals surface area contributed by atoms with E-state index in [2.05, 4.69) is 5.32 Å². The number of amides is 2. The van der Waals surface area contributed by atoms with Crippen LogP contribution < -0.4 is 5.32 Å². The molecule has 2 aromatic carbocycles. The number of nitrogens with zero attached hydrogens (tertiary/aromatic N) is 1. The molecular weight excluding hydrogens is 426 g/mol. The van der Waals surface area contributed by atoms with Gasteiger partial charge in [-0.3, -0.25) is 9.59 Å². The highest BCUT2D eigenvalue weighted by Gasteiger charge is 2.31. The summed E-state index contributed by atoms with van der Waals surface area (Å²) in [5, 5.41) is 3.79. The third-order valence-corrected chi connectivity index (χ3v) is 5.25. The quantitative estimate of drug-likeness (QED) is 0.611. The molecule has 2 amide bonds. The standard InChI is InChI=1S/C23H27Cl2FN2O2/c1-5-20(22(30)27-23(2,3)4)28(14-17-18(24)7-6-8-19(17)25)21(29)13-15-9-11-16(26)12-10-15/h6-12,20H,5,13-14H2,1-4H3,(H,27,30). The van der Waals surface area contributed by atoms with Crippen LogP contribution >= 0.6 is 23.2 Å². The molecule has 7 heteroatoms. The van der Waals surface area contributed by atoms with Crippen molar-refractivity contribution in [1.82, 2.24) is 10.2 Å². The average molecular weight is 453 g/mol. The van der Waals surface area contributed by atoms with Crippen LogP contribution in [-0.4, -0.2) is 28.3 Å². The van der Waals surface area contributed by atoms with Crippen molar-refractivity contribution < 1.29 is 14.0 Å². The lowest BCUT2D eigenvalue weighted by atomic mass is 10.0. The Morgan fingerprint density at radius 1 is 1.07 bits per heavy atom. The Kier molecular flexibility index (Phi) is 8.27. The molecule has 1 atom stereocenters. The molecule has 0 aliphatic heterocycles. The van der Waals surface area contributed by atoms with Gasteiger partial charge in [-0.1, -0.05) is 48.3 Å². The van der Waals surface area contributed by atoms with E-state index in [-0.39, 0.29) is 30.6 Å². The zero-order valence-corrected chi connectivity index (χ0v) is 19.1. The molecule has 1 N–H and O–H groups in total. The van der Waals surface area contributed by atoms with E-state index in [9.17, 15) is 14.0 Å². The molecule has 0 saturated carbocycles. The van der Waals surface area contributed by atoms with Gasteiger partial charge in [0.05, 0.1) is 6.42 Å². The first kappa shape index (κ1) is 24.2. The maximum Gasteiger partial charge on any atom is 0.243 e. The minimum atomic E-state index is -0.704. The van der Waals surface area contributed by atoms with Gasteiger partial charge in [0.2, 0.25) is 11.8 Å². The molecule has 0 aliphatic carbocycles. The molecule has 0 saturated heterocycles. The van der Waals surface area contributed by atoms with Crippen LogP contribution in [-0.2, 0) is 22.6 Å². The van der Waals surface area contributed by atoms with E-state index >= 15 is 0 Å². The van der Waals surface area contributed by atoms with Crippen molar-refractivity contribution in [2.75, 3.05) is 0 Å². The molecule has 0 aromatic heterocycles. The molecule has 30 heavy (non-hydrogen) atoms. The van der Waals surface area contributed by atoms with Crippen molar-refractivity contribution in [1.29, 1.82) is 0 Å². The second-order valence-electron chi connectivity index (χ2n) is 8.19. The van der Waals surface area contributed by atoms with Gasteiger partial charge in [0.1, 0.15) is 11.9 Å². The summed E-state index contributed by atoms with van der Waals surface area (Å²) in [6.07, 6.45) is 0.445. The Hall–Kier alpha value is -2.11. The lowest BCUT2D eigenvalue weighted by Crippen LogP contribution is -2.53. The fourth-order valence-electron chi connectivity index (χ4n) is 3.10. The molecule has 4 nitrogen and oxygen atoms in total. The second kappa shape index (κ2) is 10.3. The number of rotatable bonds is 7. The number of hydrogen-bond acceptors (Lipinski definition) is 2. The Morgan fingerprint density at radius 2 is 1.63 bits per heavy atom. The molecule has 0 radical (unpaired) electrons. The summed E-state index contributed by atoms with van der Waals surface area (Å²) < 4.78 is 13.2. The van der Waals surface area contributed by atoms with Gasteiger partial charge in [0.25, 0.3) is 0 Å². The Bertz CT molecular complexity index is 875. The van der Waals surface area contributed by atoms with Crippen LogP contribution in [0.15, 0.2) is 42.5 Å². The summed E-state index contributed by atoms with van der Waals surface area (Å²) in [6, 6.07) is 10.1. The number of carbonyl (C=O) groups is 2. The highest BCUT2D eigenvalue weighted by atomic mass is 35.5. The topological polar surface area (TPSA) is 49.4 Å². The van der Waals surface area contributed by atoms with Crippen molar-refractivity contribution >= 4 is 35.0 Å². The summed E-state index contributed by atoms with van der Waals surface area (Å²) in [5.41, 5.74) is 0.788. The van der Waals surface area contributed by atoms with Crippen molar-refractivity contribution in [3.63, 3.8) is 0 Å². The normalized spacial score (nSPS) is 12.4. The summed E-state index contributed by atoms with van der Waals surface area (Å²) in [6.45, 7) is 7.58. The van der Waals surface area contributed by atoms with Crippen molar-refractivity contribution in [3.8, 4) is 0 Å². The van der Waals surface area contributed by atoms with Crippen LogP contribution in [0.5, 0.6) is 0 Å². The van der Waals surface area contributed by atoms with Gasteiger partial charge in [0, 0.05) is 27.7 Å². The Labute approximate surface area is 187 Å². The van der Waals surface area contributed by atoms with Gasteiger partial charge in [-0.25, -0.2) is 4.39 Å². The minimum absolute atomic E-state index is 0.0294. The first-order valence-electron chi connectivity index (χ1n) is 9.80. The van der Waals surface area contributed by atoms with Crippen LogP contribution in [0.2, 0.25) is 10.0 Å². The van der Waals surface area contributed by atoms with E-state index < -0.39 is 11.6 Å². The number of benzene rings is 2. The fraction of sp³-hybridized carbons (Fsp3) is 0.391. The van der Waals surface area contributed by atoms with Crippen molar-refractivity contribution in [3.05, 3.63) is 69.5 Å². The number of hydrogen-bond donors (Lipinski definition) is 1. The van der Waals surface area contributed by atoms with E-state index in [0.717, 1.165) is 0 Å². The zero-order chi connectivity index (χ0) is 22.5. The largest absolute Gasteiger partial charge is 0.350 e. The van der Waals surface area contributed by atoms with Crippen LogP contribution in [0, 0.1) is 5.82 Å². The van der Waals surface area contributed by atoms with E-state index in [1.807, 2.05) is 27.7 Å². The van der Waals surface area contributed by atoms with E-state index in [1.54, 1.807) is 30.3 Å². The fourth-order valence-corrected chi connectivity index (χ4v) is 3.62. The van der Waals surface area contributed by atoms with E-state index in [1.165, 1.54) is 17.0 Å². The van der Waals surface area contributed by atoms with Crippen molar-refractivity contribution in [2.24, 2.45) is 0 Å². The van der Waals surface area contributed by atoms with E-state index in [0.29, 0.717) is 27.6 Å². The summed E-state index contributed by atoms with van der Waals surface area (Å²) in [4.78, 5) is 27.7. The number of carbonyl (C=O) groups excluding carboxylic acids is 2. The highest BCUT2D eigenvalue weighted by molar-refractivity contribution is 6.36. The van der Waals surface area contributed by atoms with Crippen molar-refractivity contribution in [2.45, 2.75) is 58.7 Å². The summed E-state index contributed by atoms with van der Waals surface area (Å²) in [7, 11) is 0. The Balaban J connectivity index is 2.38. The number of halogens is 3. The second-order valence-corrected chi connectivity index (χ2v) is 9.00. The highest BCUT2D eigenvalue weighted by Crippen LogP contribution is 2.27. The van der Waals surface area contributed by atoms with E-state index in [4.69, 9.17) is 23.2 Å². The average Bonchev–Trinajstić information content (AvgIpc) is 2.64. The lowest BCUT2D eigenvalue weighted by molar-refractivity contribution is -0.141. The maximum absolute atomic E-state index is 13.3. The predicted octanol–water partition coefficient (Wildman–Crippen LogP) is 5.40. The molecule has 1 unspecified atom stereocenters. The molecule has 162 valence electrons. The molecule has 0 bridgehead atoms. The SMILES string of the molecule is CCC(C(=O)NC(C)(C)C)N(Cc1c(Cl)cccc1Cl)C(=O)Cc1ccc(F)cc1. The molecule has 0 spiro atoms. The molecule has 0 aliphatic rings. The summed E-state index contributed by atoms with van der Waals surface area (Å²) in [5.74, 6) is -0.893. The minimum Gasteiger partial charge on any atom is -0.350 e. The van der Waals surface area contributed by atoms with Gasteiger partial charge >= 0.3 is 0 Å².